The van der Waals surface area contributed by atoms with E-state index in [1.165, 1.54) is 0 Å². The maximum atomic E-state index is 13.1. The van der Waals surface area contributed by atoms with Crippen LogP contribution in [0.4, 0.5) is 0 Å². The summed E-state index contributed by atoms with van der Waals surface area (Å²) in [6.07, 6.45) is 7.36. The fourth-order valence-corrected chi connectivity index (χ4v) is 4.94. The Morgan fingerprint density at radius 2 is 1.66 bits per heavy atom. The zero-order chi connectivity index (χ0) is 22.7. The average molecular weight is 437 g/mol. The number of benzene rings is 1. The monoisotopic (exact) mass is 436 g/mol. The molecule has 2 aliphatic carbocycles. The van der Waals surface area contributed by atoms with Gasteiger partial charge in [-0.3, -0.25) is 9.59 Å². The van der Waals surface area contributed by atoms with Gasteiger partial charge in [-0.1, -0.05) is 19.1 Å². The summed E-state index contributed by atoms with van der Waals surface area (Å²) < 4.78 is 18.2. The first-order valence-corrected chi connectivity index (χ1v) is 11.8. The Bertz CT molecular complexity index is 956. The number of rotatable bonds is 8. The van der Waals surface area contributed by atoms with Gasteiger partial charge in [-0.25, -0.2) is 0 Å². The number of carbonyl (C=O) groups is 2. The summed E-state index contributed by atoms with van der Waals surface area (Å²) in [5.74, 6) is 2.61. The SMILES string of the molecule is C=CCc1cc(C2C3=C(CCCC3=O)OC3=C2C(=O)CCC3)cc(OCC)c1OCCC. The lowest BCUT2D eigenvalue weighted by Gasteiger charge is -2.36. The molecule has 4 rings (SSSR count). The number of allylic oxidation sites excluding steroid dienone is 5. The van der Waals surface area contributed by atoms with E-state index in [0.29, 0.717) is 49.4 Å². The van der Waals surface area contributed by atoms with Crippen molar-refractivity contribution in [3.63, 3.8) is 0 Å². The van der Waals surface area contributed by atoms with Crippen LogP contribution in [0, 0.1) is 0 Å². The second-order valence-electron chi connectivity index (χ2n) is 8.54. The maximum absolute atomic E-state index is 13.1. The molecule has 3 aliphatic rings. The molecule has 0 amide bonds. The highest BCUT2D eigenvalue weighted by Gasteiger charge is 2.42. The first-order valence-electron chi connectivity index (χ1n) is 11.8. The molecular formula is C27H32O5. The lowest BCUT2D eigenvalue weighted by atomic mass is 9.73. The van der Waals surface area contributed by atoms with Crippen molar-refractivity contribution in [1.29, 1.82) is 0 Å². The molecule has 1 aromatic rings. The van der Waals surface area contributed by atoms with Crippen LogP contribution < -0.4 is 9.47 Å². The highest BCUT2D eigenvalue weighted by Crippen LogP contribution is 2.49. The third kappa shape index (κ3) is 4.13. The van der Waals surface area contributed by atoms with Gasteiger partial charge in [-0.2, -0.15) is 0 Å². The molecule has 0 N–H and O–H groups in total. The Hall–Kier alpha value is -2.82. The molecule has 0 bridgehead atoms. The quantitative estimate of drug-likeness (QED) is 0.487. The first kappa shape index (κ1) is 22.4. The molecule has 1 aromatic carbocycles. The van der Waals surface area contributed by atoms with Crippen molar-refractivity contribution >= 4 is 11.6 Å². The van der Waals surface area contributed by atoms with Crippen LogP contribution in [0.25, 0.3) is 0 Å². The summed E-state index contributed by atoms with van der Waals surface area (Å²) in [4.78, 5) is 26.2. The molecule has 32 heavy (non-hydrogen) atoms. The standard InChI is InChI=1S/C27H32O5/c1-4-9-17-15-18(16-23(30-6-3)27(17)31-14-5-2)24-25-19(28)10-7-12-21(25)32-22-13-8-11-20(29)26(22)24/h4,15-16,24H,1,5-14H2,2-3H3. The number of Topliss-reactive ketones (excluding diaryl/α,β-unsaturated/α-hetero) is 2. The van der Waals surface area contributed by atoms with Crippen molar-refractivity contribution in [2.75, 3.05) is 13.2 Å². The Morgan fingerprint density at radius 3 is 2.22 bits per heavy atom. The van der Waals surface area contributed by atoms with E-state index in [1.807, 2.05) is 19.1 Å². The van der Waals surface area contributed by atoms with Crippen molar-refractivity contribution in [3.05, 3.63) is 58.6 Å². The van der Waals surface area contributed by atoms with Gasteiger partial charge in [0.05, 0.1) is 13.2 Å². The topological polar surface area (TPSA) is 61.8 Å². The van der Waals surface area contributed by atoms with E-state index in [4.69, 9.17) is 14.2 Å². The zero-order valence-corrected chi connectivity index (χ0v) is 19.1. The highest BCUT2D eigenvalue weighted by molar-refractivity contribution is 6.05. The molecule has 1 aliphatic heterocycles. The van der Waals surface area contributed by atoms with Gasteiger partial charge >= 0.3 is 0 Å². The first-order chi connectivity index (χ1) is 15.6. The summed E-state index contributed by atoms with van der Waals surface area (Å²) in [6.45, 7) is 8.99. The van der Waals surface area contributed by atoms with Gasteiger partial charge in [0, 0.05) is 48.3 Å². The van der Waals surface area contributed by atoms with Gasteiger partial charge in [-0.05, 0) is 44.2 Å². The largest absolute Gasteiger partial charge is 0.490 e. The summed E-state index contributed by atoms with van der Waals surface area (Å²) in [7, 11) is 0. The smallest absolute Gasteiger partial charge is 0.164 e. The molecule has 0 spiro atoms. The Morgan fingerprint density at radius 1 is 1.00 bits per heavy atom. The number of ether oxygens (including phenoxy) is 3. The van der Waals surface area contributed by atoms with Crippen LogP contribution >= 0.6 is 0 Å². The molecule has 5 nitrogen and oxygen atoms in total. The molecule has 0 aromatic heterocycles. The van der Waals surface area contributed by atoms with Crippen molar-refractivity contribution in [1.82, 2.24) is 0 Å². The fourth-order valence-electron chi connectivity index (χ4n) is 4.94. The van der Waals surface area contributed by atoms with Crippen LogP contribution in [0.5, 0.6) is 11.5 Å². The molecule has 170 valence electrons. The summed E-state index contributed by atoms with van der Waals surface area (Å²) in [6, 6.07) is 4.01. The van der Waals surface area contributed by atoms with E-state index in [1.54, 1.807) is 0 Å². The predicted molar refractivity (Wildman–Crippen MR) is 123 cm³/mol. The minimum Gasteiger partial charge on any atom is -0.490 e. The predicted octanol–water partition coefficient (Wildman–Crippen LogP) is 5.73. The van der Waals surface area contributed by atoms with E-state index in [-0.39, 0.29) is 11.6 Å². The van der Waals surface area contributed by atoms with Gasteiger partial charge in [0.1, 0.15) is 11.5 Å². The third-order valence-corrected chi connectivity index (χ3v) is 6.24. The molecule has 0 fully saturated rings. The minimum atomic E-state index is -0.405. The third-order valence-electron chi connectivity index (χ3n) is 6.24. The number of carbonyl (C=O) groups excluding carboxylic acids is 2. The lowest BCUT2D eigenvalue weighted by molar-refractivity contribution is -0.117. The van der Waals surface area contributed by atoms with E-state index in [2.05, 4.69) is 19.6 Å². The van der Waals surface area contributed by atoms with E-state index < -0.39 is 5.92 Å². The molecule has 1 heterocycles. The van der Waals surface area contributed by atoms with Crippen LogP contribution in [0.3, 0.4) is 0 Å². The number of ketones is 2. The van der Waals surface area contributed by atoms with Crippen molar-refractivity contribution < 1.29 is 23.8 Å². The average Bonchev–Trinajstić information content (AvgIpc) is 2.78. The zero-order valence-electron chi connectivity index (χ0n) is 19.1. The van der Waals surface area contributed by atoms with Crippen molar-refractivity contribution in [3.8, 4) is 11.5 Å². The second kappa shape index (κ2) is 9.76. The Labute approximate surface area is 190 Å². The molecule has 0 saturated heterocycles. The molecule has 0 unspecified atom stereocenters. The van der Waals surface area contributed by atoms with Gasteiger partial charge in [0.2, 0.25) is 0 Å². The van der Waals surface area contributed by atoms with Crippen molar-refractivity contribution in [2.24, 2.45) is 0 Å². The minimum absolute atomic E-state index is 0.0794. The van der Waals surface area contributed by atoms with Crippen LogP contribution in [-0.4, -0.2) is 24.8 Å². The maximum Gasteiger partial charge on any atom is 0.164 e. The van der Waals surface area contributed by atoms with E-state index >= 15 is 0 Å². The van der Waals surface area contributed by atoms with E-state index in [0.717, 1.165) is 60.5 Å². The molecular weight excluding hydrogens is 404 g/mol. The van der Waals surface area contributed by atoms with E-state index in [9.17, 15) is 9.59 Å². The lowest BCUT2D eigenvalue weighted by Crippen LogP contribution is -2.30. The number of hydrogen-bond donors (Lipinski definition) is 0. The van der Waals surface area contributed by atoms with Gasteiger partial charge in [-0.15, -0.1) is 6.58 Å². The van der Waals surface area contributed by atoms with Crippen LogP contribution in [-0.2, 0) is 20.7 Å². The Balaban J connectivity index is 1.91. The molecule has 0 radical (unpaired) electrons. The summed E-state index contributed by atoms with van der Waals surface area (Å²) in [5.41, 5.74) is 3.15. The van der Waals surface area contributed by atoms with Crippen LogP contribution in [0.2, 0.25) is 0 Å². The summed E-state index contributed by atoms with van der Waals surface area (Å²) in [5, 5.41) is 0. The molecule has 5 heteroatoms. The fraction of sp³-hybridized carbons (Fsp3) is 0.481. The Kier molecular flexibility index (Phi) is 6.83. The van der Waals surface area contributed by atoms with Gasteiger partial charge in [0.25, 0.3) is 0 Å². The van der Waals surface area contributed by atoms with Crippen LogP contribution in [0.15, 0.2) is 47.5 Å². The molecule has 0 saturated carbocycles. The second-order valence-corrected chi connectivity index (χ2v) is 8.54. The van der Waals surface area contributed by atoms with Crippen molar-refractivity contribution in [2.45, 2.75) is 71.1 Å². The van der Waals surface area contributed by atoms with Gasteiger partial charge in [0.15, 0.2) is 23.1 Å². The normalized spacial score (nSPS) is 18.8. The summed E-state index contributed by atoms with van der Waals surface area (Å²) >= 11 is 0. The van der Waals surface area contributed by atoms with Gasteiger partial charge < -0.3 is 14.2 Å². The molecule has 0 atom stereocenters. The number of hydrogen-bond acceptors (Lipinski definition) is 5. The highest BCUT2D eigenvalue weighted by atomic mass is 16.5. The van der Waals surface area contributed by atoms with Crippen LogP contribution in [0.1, 0.15) is 75.8 Å².